The zero-order valence-electron chi connectivity index (χ0n) is 8.10. The predicted octanol–water partition coefficient (Wildman–Crippen LogP) is 0.216. The van der Waals surface area contributed by atoms with Gasteiger partial charge in [0, 0.05) is 0 Å². The molecule has 0 saturated heterocycles. The molecule has 1 aromatic carbocycles. The highest BCUT2D eigenvalue weighted by molar-refractivity contribution is 6.59. The van der Waals surface area contributed by atoms with Crippen LogP contribution in [0.1, 0.15) is 18.4 Å². The molecule has 0 aliphatic heterocycles. The summed E-state index contributed by atoms with van der Waals surface area (Å²) in [5.74, 6) is 0.723. The summed E-state index contributed by atoms with van der Waals surface area (Å²) in [7, 11) is -1.42. The van der Waals surface area contributed by atoms with Crippen LogP contribution in [0.4, 0.5) is 0 Å². The first-order valence-corrected chi connectivity index (χ1v) is 4.80. The molecule has 1 aliphatic rings. The summed E-state index contributed by atoms with van der Waals surface area (Å²) in [5, 5.41) is 18.2. The molecule has 1 fully saturated rings. The predicted molar refractivity (Wildman–Crippen MR) is 54.7 cm³/mol. The van der Waals surface area contributed by atoms with Gasteiger partial charge < -0.3 is 14.8 Å². The summed E-state index contributed by atoms with van der Waals surface area (Å²) in [6, 6.07) is 5.39. The molecule has 4 heteroatoms. The third-order valence-electron chi connectivity index (χ3n) is 2.36. The van der Waals surface area contributed by atoms with Gasteiger partial charge in [-0.2, -0.15) is 0 Å². The van der Waals surface area contributed by atoms with Crippen molar-refractivity contribution in [2.24, 2.45) is 0 Å². The number of rotatable bonds is 3. The maximum atomic E-state index is 9.08. The maximum absolute atomic E-state index is 9.08. The molecule has 0 radical (unpaired) electrons. The molecule has 0 bridgehead atoms. The lowest BCUT2D eigenvalue weighted by atomic mass is 9.77. The minimum Gasteiger partial charge on any atom is -0.490 e. The summed E-state index contributed by atoms with van der Waals surface area (Å²) >= 11 is 0. The van der Waals surface area contributed by atoms with Gasteiger partial charge in [-0.1, -0.05) is 11.6 Å². The smallest absolute Gasteiger partial charge is 0.488 e. The van der Waals surface area contributed by atoms with Crippen molar-refractivity contribution < 1.29 is 14.8 Å². The average Bonchev–Trinajstić information content (AvgIpc) is 2.92. The normalized spacial score (nSPS) is 15.4. The van der Waals surface area contributed by atoms with Gasteiger partial charge in [0.15, 0.2) is 0 Å². The molecular weight excluding hydrogens is 179 g/mol. The van der Waals surface area contributed by atoms with Crippen LogP contribution in [0.25, 0.3) is 0 Å². The molecule has 0 heterocycles. The minimum absolute atomic E-state index is 0.335. The number of hydrogen-bond acceptors (Lipinski definition) is 3. The van der Waals surface area contributed by atoms with Crippen LogP contribution < -0.4 is 10.2 Å². The van der Waals surface area contributed by atoms with Gasteiger partial charge in [0.1, 0.15) is 5.75 Å². The van der Waals surface area contributed by atoms with Crippen molar-refractivity contribution in [3.8, 4) is 5.75 Å². The van der Waals surface area contributed by atoms with E-state index in [4.69, 9.17) is 14.8 Å². The van der Waals surface area contributed by atoms with Crippen molar-refractivity contribution >= 4 is 12.6 Å². The lowest BCUT2D eigenvalue weighted by Gasteiger charge is -2.08. The van der Waals surface area contributed by atoms with E-state index >= 15 is 0 Å². The van der Waals surface area contributed by atoms with Crippen LogP contribution in [0.3, 0.4) is 0 Å². The van der Waals surface area contributed by atoms with Gasteiger partial charge in [-0.25, -0.2) is 0 Å². The standard InChI is InChI=1S/C10H13BO3/c1-7-2-3-9(14-8-4-5-8)6-10(7)11(12)13/h2-3,6,8,12-13H,4-5H2,1H3. The van der Waals surface area contributed by atoms with Crippen molar-refractivity contribution in [2.45, 2.75) is 25.9 Å². The Morgan fingerprint density at radius 2 is 2.07 bits per heavy atom. The minimum atomic E-state index is -1.42. The molecule has 74 valence electrons. The Balaban J connectivity index is 2.20. The summed E-state index contributed by atoms with van der Waals surface area (Å²) in [5.41, 5.74) is 1.38. The van der Waals surface area contributed by atoms with E-state index in [1.807, 2.05) is 19.1 Å². The Labute approximate surface area is 83.5 Å². The molecule has 0 unspecified atom stereocenters. The van der Waals surface area contributed by atoms with Gasteiger partial charge in [-0.3, -0.25) is 0 Å². The second-order valence-corrected chi connectivity index (χ2v) is 3.71. The molecule has 0 amide bonds. The van der Waals surface area contributed by atoms with E-state index < -0.39 is 7.12 Å². The zero-order chi connectivity index (χ0) is 10.1. The Hall–Kier alpha value is -0.995. The number of benzene rings is 1. The number of ether oxygens (including phenoxy) is 1. The third-order valence-corrected chi connectivity index (χ3v) is 2.36. The van der Waals surface area contributed by atoms with Gasteiger partial charge in [0.2, 0.25) is 0 Å². The van der Waals surface area contributed by atoms with Crippen LogP contribution in [0.5, 0.6) is 5.75 Å². The van der Waals surface area contributed by atoms with Gasteiger partial charge in [0.25, 0.3) is 0 Å². The van der Waals surface area contributed by atoms with Crippen LogP contribution >= 0.6 is 0 Å². The molecule has 1 saturated carbocycles. The van der Waals surface area contributed by atoms with Crippen molar-refractivity contribution in [1.82, 2.24) is 0 Å². The average molecular weight is 192 g/mol. The van der Waals surface area contributed by atoms with Crippen LogP contribution in [0.15, 0.2) is 18.2 Å². The summed E-state index contributed by atoms with van der Waals surface area (Å²) in [6.07, 6.45) is 2.54. The Kier molecular flexibility index (Phi) is 2.48. The van der Waals surface area contributed by atoms with Crippen molar-refractivity contribution in [3.63, 3.8) is 0 Å². The monoisotopic (exact) mass is 192 g/mol. The largest absolute Gasteiger partial charge is 0.490 e. The summed E-state index contributed by atoms with van der Waals surface area (Å²) in [4.78, 5) is 0. The number of hydrogen-bond donors (Lipinski definition) is 2. The van der Waals surface area contributed by atoms with Gasteiger partial charge in [-0.05, 0) is 37.4 Å². The fourth-order valence-electron chi connectivity index (χ4n) is 1.35. The second-order valence-electron chi connectivity index (χ2n) is 3.71. The molecule has 3 nitrogen and oxygen atoms in total. The highest BCUT2D eigenvalue weighted by Crippen LogP contribution is 2.26. The van der Waals surface area contributed by atoms with E-state index in [1.165, 1.54) is 0 Å². The first-order chi connectivity index (χ1) is 6.66. The van der Waals surface area contributed by atoms with E-state index in [-0.39, 0.29) is 0 Å². The SMILES string of the molecule is Cc1ccc(OC2CC2)cc1B(O)O. The van der Waals surface area contributed by atoms with Crippen LogP contribution in [-0.2, 0) is 0 Å². The van der Waals surface area contributed by atoms with Crippen molar-refractivity contribution in [1.29, 1.82) is 0 Å². The van der Waals surface area contributed by atoms with Gasteiger partial charge in [-0.15, -0.1) is 0 Å². The highest BCUT2D eigenvalue weighted by atomic mass is 16.5. The lowest BCUT2D eigenvalue weighted by molar-refractivity contribution is 0.303. The highest BCUT2D eigenvalue weighted by Gasteiger charge is 2.24. The van der Waals surface area contributed by atoms with Crippen LogP contribution in [0, 0.1) is 6.92 Å². The molecule has 14 heavy (non-hydrogen) atoms. The fourth-order valence-corrected chi connectivity index (χ4v) is 1.35. The van der Waals surface area contributed by atoms with E-state index in [1.54, 1.807) is 6.07 Å². The molecule has 2 N–H and O–H groups in total. The summed E-state index contributed by atoms with van der Waals surface area (Å²) < 4.78 is 5.55. The molecule has 0 aromatic heterocycles. The van der Waals surface area contributed by atoms with Gasteiger partial charge >= 0.3 is 7.12 Å². The summed E-state index contributed by atoms with van der Waals surface area (Å²) in [6.45, 7) is 1.84. The van der Waals surface area contributed by atoms with Gasteiger partial charge in [0.05, 0.1) is 6.10 Å². The fraction of sp³-hybridized carbons (Fsp3) is 0.400. The quantitative estimate of drug-likeness (QED) is 0.673. The maximum Gasteiger partial charge on any atom is 0.488 e. The zero-order valence-corrected chi connectivity index (χ0v) is 8.10. The van der Waals surface area contributed by atoms with Crippen molar-refractivity contribution in [3.05, 3.63) is 23.8 Å². The molecule has 0 spiro atoms. The van der Waals surface area contributed by atoms with E-state index in [9.17, 15) is 0 Å². The van der Waals surface area contributed by atoms with Crippen LogP contribution in [-0.4, -0.2) is 23.3 Å². The lowest BCUT2D eigenvalue weighted by Crippen LogP contribution is -2.32. The Morgan fingerprint density at radius 1 is 1.36 bits per heavy atom. The van der Waals surface area contributed by atoms with Crippen LogP contribution in [0.2, 0.25) is 0 Å². The van der Waals surface area contributed by atoms with Crippen molar-refractivity contribution in [2.75, 3.05) is 0 Å². The first kappa shape index (κ1) is 9.56. The first-order valence-electron chi connectivity index (χ1n) is 4.80. The molecule has 2 rings (SSSR count). The Bertz CT molecular complexity index is 334. The third kappa shape index (κ3) is 2.08. The topological polar surface area (TPSA) is 49.7 Å². The molecule has 1 aliphatic carbocycles. The molecule has 0 atom stereocenters. The van der Waals surface area contributed by atoms with E-state index in [0.717, 1.165) is 24.2 Å². The second kappa shape index (κ2) is 3.63. The number of aryl methyl sites for hydroxylation is 1. The Morgan fingerprint density at radius 3 is 2.64 bits per heavy atom. The molecular formula is C10H13BO3. The van der Waals surface area contributed by atoms with E-state index in [0.29, 0.717) is 11.6 Å². The van der Waals surface area contributed by atoms with E-state index in [2.05, 4.69) is 0 Å². The molecule has 1 aromatic rings.